The minimum Gasteiger partial charge on any atom is -0.394 e. The fraction of sp³-hybridized carbons (Fsp3) is 0.875. The number of amides is 1. The Morgan fingerprint density at radius 2 is 1.32 bits per heavy atom. The lowest BCUT2D eigenvalue weighted by atomic mass is 10.0. The van der Waals surface area contributed by atoms with Gasteiger partial charge in [-0.3, -0.25) is 4.79 Å². The topological polar surface area (TPSA) is 69.6 Å². The first-order valence-electron chi connectivity index (χ1n) is 11.9. The van der Waals surface area contributed by atoms with Crippen molar-refractivity contribution in [2.45, 2.75) is 129 Å². The van der Waals surface area contributed by atoms with Gasteiger partial charge in [0.25, 0.3) is 0 Å². The van der Waals surface area contributed by atoms with Crippen molar-refractivity contribution < 1.29 is 15.0 Å². The number of carbonyl (C=O) groups is 1. The van der Waals surface area contributed by atoms with Crippen LogP contribution < -0.4 is 5.32 Å². The van der Waals surface area contributed by atoms with Gasteiger partial charge in [0.05, 0.1) is 18.8 Å². The van der Waals surface area contributed by atoms with Gasteiger partial charge in [-0.15, -0.1) is 0 Å². The van der Waals surface area contributed by atoms with Crippen molar-refractivity contribution in [2.24, 2.45) is 0 Å². The molecule has 1 amide bonds. The first kappa shape index (κ1) is 27.1. The maximum Gasteiger partial charge on any atom is 0.220 e. The largest absolute Gasteiger partial charge is 0.394 e. The van der Waals surface area contributed by atoms with Gasteiger partial charge in [0.2, 0.25) is 5.91 Å². The third-order valence-electron chi connectivity index (χ3n) is 5.27. The quantitative estimate of drug-likeness (QED) is 0.183. The van der Waals surface area contributed by atoms with Gasteiger partial charge in [-0.1, -0.05) is 103 Å². The molecule has 0 rings (SSSR count). The van der Waals surface area contributed by atoms with Crippen molar-refractivity contribution in [3.63, 3.8) is 0 Å². The molecule has 0 spiro atoms. The molecule has 0 unspecified atom stereocenters. The molecule has 3 N–H and O–H groups in total. The van der Waals surface area contributed by atoms with Crippen LogP contribution in [0.1, 0.15) is 117 Å². The van der Waals surface area contributed by atoms with Crippen molar-refractivity contribution in [3.05, 3.63) is 12.2 Å². The molecule has 0 aromatic carbocycles. The standard InChI is InChI=1S/C24H47NO3/c1-3-5-7-8-9-10-11-12-13-14-15-16-18-19-23(27)22(21-26)25-24(28)20-17-6-4-2/h18-19,22-23,26-27H,3-17,20-21H2,1-2H3,(H,25,28)/b19-18+/t22-,23-/m1/s1. The zero-order valence-electron chi connectivity index (χ0n) is 18.6. The number of allylic oxidation sites excluding steroid dienone is 1. The van der Waals surface area contributed by atoms with Crippen molar-refractivity contribution >= 4 is 5.91 Å². The average molecular weight is 398 g/mol. The van der Waals surface area contributed by atoms with Crippen LogP contribution in [0.25, 0.3) is 0 Å². The number of carbonyl (C=O) groups excluding carboxylic acids is 1. The van der Waals surface area contributed by atoms with Crippen LogP contribution in [0.5, 0.6) is 0 Å². The molecular formula is C24H47NO3. The van der Waals surface area contributed by atoms with E-state index < -0.39 is 12.1 Å². The van der Waals surface area contributed by atoms with Crippen molar-refractivity contribution in [1.82, 2.24) is 5.32 Å². The second-order valence-electron chi connectivity index (χ2n) is 8.06. The lowest BCUT2D eigenvalue weighted by molar-refractivity contribution is -0.123. The van der Waals surface area contributed by atoms with E-state index in [1.165, 1.54) is 64.2 Å². The molecule has 2 atom stereocenters. The Morgan fingerprint density at radius 1 is 0.821 bits per heavy atom. The SMILES string of the molecule is CCCCCCCCCCCCC/C=C/[C@@H](O)[C@@H](CO)NC(=O)CCCCC. The van der Waals surface area contributed by atoms with E-state index in [0.29, 0.717) is 6.42 Å². The van der Waals surface area contributed by atoms with Gasteiger partial charge in [0.15, 0.2) is 0 Å². The number of aliphatic hydroxyl groups is 2. The molecule has 0 aliphatic carbocycles. The minimum atomic E-state index is -0.826. The highest BCUT2D eigenvalue weighted by atomic mass is 16.3. The molecule has 0 saturated carbocycles. The molecule has 0 aromatic rings. The van der Waals surface area contributed by atoms with Crippen LogP contribution in [0, 0.1) is 0 Å². The van der Waals surface area contributed by atoms with Crippen LogP contribution in [-0.2, 0) is 4.79 Å². The van der Waals surface area contributed by atoms with E-state index in [-0.39, 0.29) is 12.5 Å². The molecule has 28 heavy (non-hydrogen) atoms. The van der Waals surface area contributed by atoms with Crippen LogP contribution in [0.3, 0.4) is 0 Å². The van der Waals surface area contributed by atoms with Crippen LogP contribution in [0.15, 0.2) is 12.2 Å². The molecule has 0 bridgehead atoms. The maximum absolute atomic E-state index is 11.8. The summed E-state index contributed by atoms with van der Waals surface area (Å²) in [6.45, 7) is 4.11. The lowest BCUT2D eigenvalue weighted by Gasteiger charge is -2.19. The maximum atomic E-state index is 11.8. The summed E-state index contributed by atoms with van der Waals surface area (Å²) in [5.74, 6) is -0.0923. The number of aliphatic hydroxyl groups excluding tert-OH is 2. The number of unbranched alkanes of at least 4 members (excludes halogenated alkanes) is 13. The summed E-state index contributed by atoms with van der Waals surface area (Å²) in [6.07, 6.45) is 21.8. The summed E-state index contributed by atoms with van der Waals surface area (Å²) in [6, 6.07) is -0.609. The Hall–Kier alpha value is -0.870. The van der Waals surface area contributed by atoms with Gasteiger partial charge in [-0.25, -0.2) is 0 Å². The van der Waals surface area contributed by atoms with Crippen molar-refractivity contribution in [1.29, 1.82) is 0 Å². The molecule has 0 aliphatic rings. The first-order valence-corrected chi connectivity index (χ1v) is 11.9. The Labute approximate surface area is 174 Å². The highest BCUT2D eigenvalue weighted by Gasteiger charge is 2.17. The van der Waals surface area contributed by atoms with Gasteiger partial charge in [-0.05, 0) is 19.3 Å². The fourth-order valence-corrected chi connectivity index (χ4v) is 3.35. The number of hydrogen-bond acceptors (Lipinski definition) is 3. The fourth-order valence-electron chi connectivity index (χ4n) is 3.35. The normalized spacial score (nSPS) is 13.7. The van der Waals surface area contributed by atoms with Crippen LogP contribution in [0.2, 0.25) is 0 Å². The summed E-state index contributed by atoms with van der Waals surface area (Å²) >= 11 is 0. The third kappa shape index (κ3) is 17.2. The predicted molar refractivity (Wildman–Crippen MR) is 119 cm³/mol. The van der Waals surface area contributed by atoms with Crippen molar-refractivity contribution in [3.8, 4) is 0 Å². The Morgan fingerprint density at radius 3 is 1.86 bits per heavy atom. The second kappa shape index (κ2) is 20.9. The summed E-state index contributed by atoms with van der Waals surface area (Å²) < 4.78 is 0. The first-order chi connectivity index (χ1) is 13.7. The number of rotatable bonds is 20. The van der Waals surface area contributed by atoms with E-state index in [1.807, 2.05) is 6.08 Å². The third-order valence-corrected chi connectivity index (χ3v) is 5.27. The van der Waals surface area contributed by atoms with Gasteiger partial charge < -0.3 is 15.5 Å². The van der Waals surface area contributed by atoms with Gasteiger partial charge >= 0.3 is 0 Å². The smallest absolute Gasteiger partial charge is 0.220 e. The highest BCUT2D eigenvalue weighted by Crippen LogP contribution is 2.12. The second-order valence-corrected chi connectivity index (χ2v) is 8.06. The Bertz CT molecular complexity index is 371. The lowest BCUT2D eigenvalue weighted by Crippen LogP contribution is -2.45. The van der Waals surface area contributed by atoms with E-state index >= 15 is 0 Å². The van der Waals surface area contributed by atoms with Crippen LogP contribution in [-0.4, -0.2) is 34.9 Å². The molecule has 0 saturated heterocycles. The van der Waals surface area contributed by atoms with Gasteiger partial charge in [0, 0.05) is 6.42 Å². The van der Waals surface area contributed by atoms with E-state index in [0.717, 1.165) is 32.1 Å². The van der Waals surface area contributed by atoms with Crippen LogP contribution in [0.4, 0.5) is 0 Å². The summed E-state index contributed by atoms with van der Waals surface area (Å²) in [5.41, 5.74) is 0. The molecule has 0 radical (unpaired) electrons. The summed E-state index contributed by atoms with van der Waals surface area (Å²) in [4.78, 5) is 11.8. The van der Waals surface area contributed by atoms with E-state index in [4.69, 9.17) is 0 Å². The predicted octanol–water partition coefficient (Wildman–Crippen LogP) is 5.66. The van der Waals surface area contributed by atoms with E-state index in [9.17, 15) is 15.0 Å². The Kier molecular flexibility index (Phi) is 20.2. The summed E-state index contributed by atoms with van der Waals surface area (Å²) in [5, 5.41) is 22.3. The zero-order chi connectivity index (χ0) is 20.9. The molecule has 0 aromatic heterocycles. The van der Waals surface area contributed by atoms with Gasteiger partial charge in [-0.2, -0.15) is 0 Å². The van der Waals surface area contributed by atoms with E-state index in [2.05, 4.69) is 19.2 Å². The average Bonchev–Trinajstić information content (AvgIpc) is 2.69. The molecule has 166 valence electrons. The molecule has 0 fully saturated rings. The Balaban J connectivity index is 3.66. The summed E-state index contributed by atoms with van der Waals surface area (Å²) in [7, 11) is 0. The molecule has 4 heteroatoms. The van der Waals surface area contributed by atoms with Crippen molar-refractivity contribution in [2.75, 3.05) is 6.61 Å². The molecule has 0 heterocycles. The zero-order valence-corrected chi connectivity index (χ0v) is 18.6. The number of hydrogen-bond donors (Lipinski definition) is 3. The van der Waals surface area contributed by atoms with Gasteiger partial charge in [0.1, 0.15) is 0 Å². The van der Waals surface area contributed by atoms with Crippen LogP contribution >= 0.6 is 0 Å². The van der Waals surface area contributed by atoms with E-state index in [1.54, 1.807) is 6.08 Å². The minimum absolute atomic E-state index is 0.0923. The molecular weight excluding hydrogens is 350 g/mol. The highest BCUT2D eigenvalue weighted by molar-refractivity contribution is 5.76. The molecule has 0 aliphatic heterocycles. The molecule has 4 nitrogen and oxygen atoms in total. The monoisotopic (exact) mass is 397 g/mol. The number of nitrogens with one attached hydrogen (secondary N) is 1.